The molecule has 1 atom stereocenters. The summed E-state index contributed by atoms with van der Waals surface area (Å²) >= 11 is 1.60. The summed E-state index contributed by atoms with van der Waals surface area (Å²) in [7, 11) is 4.29. The molecular weight excluding hydrogens is 386 g/mol. The van der Waals surface area contributed by atoms with Crippen LogP contribution in [0.25, 0.3) is 20.3 Å². The van der Waals surface area contributed by atoms with Gasteiger partial charge in [0, 0.05) is 28.6 Å². The quantitative estimate of drug-likeness (QED) is 0.574. The fourth-order valence-corrected chi connectivity index (χ4v) is 5.33. The molecule has 0 saturated heterocycles. The topological polar surface area (TPSA) is 104 Å². The largest absolute Gasteiger partial charge is 0.383 e. The average molecular weight is 414 g/mol. The molecule has 0 unspecified atom stereocenters. The molecule has 8 heteroatoms. The molecule has 4 N–H and O–H groups in total. The summed E-state index contributed by atoms with van der Waals surface area (Å²) in [6.45, 7) is 0. The number of benzene rings is 1. The first-order valence-electron chi connectivity index (χ1n) is 9.99. The van der Waals surface area contributed by atoms with Crippen molar-refractivity contribution in [1.29, 1.82) is 0 Å². The molecule has 1 aliphatic rings. The van der Waals surface area contributed by atoms with Crippen molar-refractivity contribution in [3.05, 3.63) is 30.1 Å². The molecule has 2 aromatic heterocycles. The van der Waals surface area contributed by atoms with Gasteiger partial charge in [-0.25, -0.2) is 9.97 Å². The van der Waals surface area contributed by atoms with E-state index in [1.54, 1.807) is 17.7 Å². The van der Waals surface area contributed by atoms with Crippen LogP contribution in [0.1, 0.15) is 31.2 Å². The van der Waals surface area contributed by atoms with Crippen LogP contribution in [0.4, 0.5) is 5.82 Å². The number of aliphatic hydroxyl groups excluding tert-OH is 1. The zero-order chi connectivity index (χ0) is 20.5. The summed E-state index contributed by atoms with van der Waals surface area (Å²) < 4.78 is 1.06. The number of thiophene rings is 1. The minimum absolute atomic E-state index is 0.181. The van der Waals surface area contributed by atoms with Gasteiger partial charge in [0.1, 0.15) is 23.1 Å². The molecule has 0 aliphatic heterocycles. The Bertz CT molecular complexity index is 1030. The highest BCUT2D eigenvalue weighted by Gasteiger charge is 2.24. The van der Waals surface area contributed by atoms with Crippen LogP contribution in [-0.2, 0) is 11.2 Å². The van der Waals surface area contributed by atoms with Crippen molar-refractivity contribution in [2.75, 3.05) is 19.4 Å². The summed E-state index contributed by atoms with van der Waals surface area (Å²) in [5.41, 5.74) is 6.16. The Morgan fingerprint density at radius 1 is 1.28 bits per heavy atom. The van der Waals surface area contributed by atoms with E-state index in [9.17, 15) is 9.90 Å². The first-order valence-corrected chi connectivity index (χ1v) is 10.8. The number of carbonyl (C=O) groups is 1. The number of nitrogens with zero attached hydrogens (tertiary/aromatic N) is 3. The highest BCUT2D eigenvalue weighted by atomic mass is 32.1. The van der Waals surface area contributed by atoms with Crippen LogP contribution >= 0.6 is 11.3 Å². The number of aromatic nitrogens is 2. The molecule has 7 nitrogen and oxygen atoms in total. The van der Waals surface area contributed by atoms with E-state index in [1.807, 2.05) is 18.2 Å². The third-order valence-corrected chi connectivity index (χ3v) is 6.95. The summed E-state index contributed by atoms with van der Waals surface area (Å²) in [4.78, 5) is 23.6. The Morgan fingerprint density at radius 2 is 2.03 bits per heavy atom. The molecule has 3 aromatic rings. The predicted molar refractivity (Wildman–Crippen MR) is 117 cm³/mol. The Balaban J connectivity index is 1.69. The van der Waals surface area contributed by atoms with E-state index in [0.717, 1.165) is 44.5 Å². The first-order chi connectivity index (χ1) is 13.9. The molecule has 2 heterocycles. The van der Waals surface area contributed by atoms with Gasteiger partial charge in [0.2, 0.25) is 5.91 Å². The normalized spacial score (nSPS) is 21.0. The predicted octanol–water partition coefficient (Wildman–Crippen LogP) is 2.52. The molecule has 4 rings (SSSR count). The zero-order valence-electron chi connectivity index (χ0n) is 16.8. The number of aliphatic hydroxyl groups is 1. The van der Waals surface area contributed by atoms with Gasteiger partial charge < -0.3 is 21.1 Å². The third-order valence-electron chi connectivity index (χ3n) is 5.89. The standard InChI is InChI=1S/C21H27N5O2S/c1-26(2)14-8-6-13(7-9-14)25-20-18-17-12(10-15(27)19(22)28)4-3-5-16(17)29-21(18)24-11-23-20/h3-5,11,13-15,27H,6-10H2,1-2H3,(H2,22,28)(H,23,24,25)/t13?,14?,15-/m0/s1. The average Bonchev–Trinajstić information content (AvgIpc) is 3.09. The molecular formula is C21H27N5O2S. The maximum atomic E-state index is 11.4. The smallest absolute Gasteiger partial charge is 0.246 e. The molecule has 0 radical (unpaired) electrons. The van der Waals surface area contributed by atoms with Gasteiger partial charge >= 0.3 is 0 Å². The van der Waals surface area contributed by atoms with Gasteiger partial charge in [-0.05, 0) is 51.4 Å². The van der Waals surface area contributed by atoms with Gasteiger partial charge in [0.05, 0.1) is 5.39 Å². The van der Waals surface area contributed by atoms with Gasteiger partial charge in [0.15, 0.2) is 0 Å². The Labute approximate surface area is 173 Å². The van der Waals surface area contributed by atoms with Crippen molar-refractivity contribution in [3.63, 3.8) is 0 Å². The summed E-state index contributed by atoms with van der Waals surface area (Å²) in [6.07, 6.45) is 5.11. The van der Waals surface area contributed by atoms with E-state index in [-0.39, 0.29) is 6.42 Å². The fourth-order valence-electron chi connectivity index (χ4n) is 4.24. The second-order valence-electron chi connectivity index (χ2n) is 8.03. The van der Waals surface area contributed by atoms with E-state index < -0.39 is 12.0 Å². The van der Waals surface area contributed by atoms with E-state index in [0.29, 0.717) is 12.1 Å². The van der Waals surface area contributed by atoms with Gasteiger partial charge in [-0.2, -0.15) is 0 Å². The van der Waals surface area contributed by atoms with Crippen molar-refractivity contribution in [1.82, 2.24) is 14.9 Å². The van der Waals surface area contributed by atoms with Crippen LogP contribution in [0.3, 0.4) is 0 Å². The minimum Gasteiger partial charge on any atom is -0.383 e. The number of carbonyl (C=O) groups excluding carboxylic acids is 1. The summed E-state index contributed by atoms with van der Waals surface area (Å²) in [6, 6.07) is 6.92. The molecule has 154 valence electrons. The molecule has 1 fully saturated rings. The van der Waals surface area contributed by atoms with Crippen LogP contribution in [0.15, 0.2) is 24.5 Å². The third kappa shape index (κ3) is 4.05. The lowest BCUT2D eigenvalue weighted by molar-refractivity contribution is -0.125. The molecule has 0 bridgehead atoms. The van der Waals surface area contributed by atoms with E-state index in [4.69, 9.17) is 5.73 Å². The van der Waals surface area contributed by atoms with Gasteiger partial charge in [0.25, 0.3) is 0 Å². The highest BCUT2D eigenvalue weighted by molar-refractivity contribution is 7.25. The summed E-state index contributed by atoms with van der Waals surface area (Å²) in [5, 5.41) is 15.6. The SMILES string of the molecule is CN(C)C1CCC(Nc2ncnc3sc4cccc(C[C@H](O)C(N)=O)c4c23)CC1. The second-order valence-corrected chi connectivity index (χ2v) is 9.06. The molecule has 1 aromatic carbocycles. The van der Waals surface area contributed by atoms with Crippen molar-refractivity contribution in [2.24, 2.45) is 5.73 Å². The number of nitrogens with two attached hydrogens (primary N) is 1. The van der Waals surface area contributed by atoms with Crippen LogP contribution in [0.2, 0.25) is 0 Å². The number of primary amides is 1. The molecule has 0 spiro atoms. The van der Waals surface area contributed by atoms with Crippen molar-refractivity contribution in [2.45, 2.75) is 50.3 Å². The van der Waals surface area contributed by atoms with E-state index in [2.05, 4.69) is 34.3 Å². The van der Waals surface area contributed by atoms with Crippen LogP contribution in [0, 0.1) is 0 Å². The Hall–Kier alpha value is -2.29. The molecule has 1 saturated carbocycles. The Morgan fingerprint density at radius 3 is 2.72 bits per heavy atom. The zero-order valence-corrected chi connectivity index (χ0v) is 17.6. The number of hydrogen-bond donors (Lipinski definition) is 3. The maximum absolute atomic E-state index is 11.4. The van der Waals surface area contributed by atoms with E-state index >= 15 is 0 Å². The lowest BCUT2D eigenvalue weighted by Crippen LogP contribution is -2.36. The monoisotopic (exact) mass is 413 g/mol. The van der Waals surface area contributed by atoms with Gasteiger partial charge in [-0.15, -0.1) is 11.3 Å². The number of nitrogens with one attached hydrogen (secondary N) is 1. The van der Waals surface area contributed by atoms with Gasteiger partial charge in [-0.3, -0.25) is 4.79 Å². The molecule has 29 heavy (non-hydrogen) atoms. The first kappa shape index (κ1) is 20.0. The van der Waals surface area contributed by atoms with Crippen LogP contribution in [-0.4, -0.2) is 58.2 Å². The lowest BCUT2D eigenvalue weighted by Gasteiger charge is -2.33. The second kappa shape index (κ2) is 8.22. The summed E-state index contributed by atoms with van der Waals surface area (Å²) in [5.74, 6) is 0.115. The minimum atomic E-state index is -1.21. The van der Waals surface area contributed by atoms with Crippen LogP contribution < -0.4 is 11.1 Å². The molecule has 1 amide bonds. The van der Waals surface area contributed by atoms with Crippen LogP contribution in [0.5, 0.6) is 0 Å². The number of anilines is 1. The van der Waals surface area contributed by atoms with Crippen molar-refractivity contribution in [3.8, 4) is 0 Å². The number of fused-ring (bicyclic) bond motifs is 3. The maximum Gasteiger partial charge on any atom is 0.246 e. The lowest BCUT2D eigenvalue weighted by atomic mass is 9.90. The fraction of sp³-hybridized carbons (Fsp3) is 0.476. The highest BCUT2D eigenvalue weighted by Crippen LogP contribution is 2.39. The van der Waals surface area contributed by atoms with Crippen molar-refractivity contribution < 1.29 is 9.90 Å². The van der Waals surface area contributed by atoms with Gasteiger partial charge in [-0.1, -0.05) is 12.1 Å². The number of rotatable bonds is 6. The Kier molecular flexibility index (Phi) is 5.67. The molecule has 1 aliphatic carbocycles. The van der Waals surface area contributed by atoms with E-state index in [1.165, 1.54) is 12.8 Å². The number of hydrogen-bond acceptors (Lipinski definition) is 7. The number of amides is 1. The van der Waals surface area contributed by atoms with Crippen molar-refractivity contribution >= 4 is 43.4 Å².